The first-order valence-corrected chi connectivity index (χ1v) is 12.5. The van der Waals surface area contributed by atoms with Crippen LogP contribution in [0.2, 0.25) is 0 Å². The molecule has 1 saturated heterocycles. The highest BCUT2D eigenvalue weighted by atomic mass is 32.2. The molecule has 0 bridgehead atoms. The van der Waals surface area contributed by atoms with Crippen molar-refractivity contribution in [3.05, 3.63) is 46.6 Å². The van der Waals surface area contributed by atoms with Gasteiger partial charge in [0.1, 0.15) is 0 Å². The van der Waals surface area contributed by atoms with Crippen LogP contribution in [0.4, 0.5) is 24.7 Å². The average molecular weight is 532 g/mol. The average Bonchev–Trinajstić information content (AvgIpc) is 3.05. The Morgan fingerprint density at radius 2 is 1.47 bits per heavy atom. The number of aromatic nitrogens is 1. The van der Waals surface area contributed by atoms with Crippen molar-refractivity contribution >= 4 is 33.5 Å². The lowest BCUT2D eigenvalue weighted by atomic mass is 10.1. The van der Waals surface area contributed by atoms with Crippen molar-refractivity contribution in [2.45, 2.75) is 57.5 Å². The van der Waals surface area contributed by atoms with E-state index in [2.05, 4.69) is 9.71 Å². The van der Waals surface area contributed by atoms with E-state index in [1.54, 1.807) is 13.0 Å². The van der Waals surface area contributed by atoms with Gasteiger partial charge in [-0.2, -0.15) is 13.2 Å². The van der Waals surface area contributed by atoms with Crippen molar-refractivity contribution in [2.24, 2.45) is 0 Å². The van der Waals surface area contributed by atoms with Gasteiger partial charge in [0.2, 0.25) is 0 Å². The standard InChI is InChI=1S/C21H27N3O4S.C2HF3O2/c1-14-10-16(3)19(11-15(14)2)29(27,28)23-18-12-17(21(25)26)13-22-20(18)24-8-6-4-5-7-9-24;3-2(4,5)1(6)7/h10-13,23H,4-9H2,1-3H3,(H,25,26);(H,6,7). The SMILES string of the molecule is Cc1cc(C)c(S(=O)(=O)Nc2cc(C(=O)O)cnc2N2CCCCCC2)cc1C.O=C(O)C(F)(F)F. The summed E-state index contributed by atoms with van der Waals surface area (Å²) in [7, 11) is -3.91. The predicted octanol–water partition coefficient (Wildman–Crippen LogP) is 4.52. The van der Waals surface area contributed by atoms with Gasteiger partial charge in [0.05, 0.1) is 16.1 Å². The minimum absolute atomic E-state index is 0.0573. The number of carboxylic acid groups (broad SMARTS) is 2. The number of carboxylic acids is 2. The molecule has 3 N–H and O–H groups in total. The molecule has 0 unspecified atom stereocenters. The molecule has 1 aromatic carbocycles. The molecule has 1 aromatic heterocycles. The number of hydrogen-bond donors (Lipinski definition) is 3. The summed E-state index contributed by atoms with van der Waals surface area (Å²) in [4.78, 5) is 26.9. The first-order chi connectivity index (χ1) is 16.6. The van der Waals surface area contributed by atoms with Gasteiger partial charge in [-0.25, -0.2) is 23.0 Å². The molecule has 0 aliphatic carbocycles. The van der Waals surface area contributed by atoms with E-state index in [4.69, 9.17) is 9.90 Å². The normalized spacial score (nSPS) is 14.3. The van der Waals surface area contributed by atoms with Crippen LogP contribution in [0.15, 0.2) is 29.3 Å². The highest BCUT2D eigenvalue weighted by molar-refractivity contribution is 7.92. The molecular weight excluding hydrogens is 503 g/mol. The number of aliphatic carboxylic acids is 1. The Bertz CT molecular complexity index is 1220. The second-order valence-electron chi connectivity index (χ2n) is 8.41. The van der Waals surface area contributed by atoms with E-state index in [9.17, 15) is 31.5 Å². The van der Waals surface area contributed by atoms with Gasteiger partial charge in [-0.05, 0) is 62.4 Å². The Labute approximate surface area is 207 Å². The predicted molar refractivity (Wildman–Crippen MR) is 127 cm³/mol. The Morgan fingerprint density at radius 1 is 0.944 bits per heavy atom. The van der Waals surface area contributed by atoms with Gasteiger partial charge in [0.25, 0.3) is 10.0 Å². The molecule has 9 nitrogen and oxygen atoms in total. The van der Waals surface area contributed by atoms with Crippen molar-refractivity contribution in [3.8, 4) is 0 Å². The molecule has 1 fully saturated rings. The van der Waals surface area contributed by atoms with E-state index in [-0.39, 0.29) is 16.1 Å². The van der Waals surface area contributed by atoms with E-state index < -0.39 is 28.1 Å². The molecule has 0 saturated carbocycles. The molecule has 0 amide bonds. The minimum Gasteiger partial charge on any atom is -0.478 e. The van der Waals surface area contributed by atoms with Gasteiger partial charge in [0.15, 0.2) is 5.82 Å². The molecule has 0 radical (unpaired) electrons. The van der Waals surface area contributed by atoms with E-state index >= 15 is 0 Å². The summed E-state index contributed by atoms with van der Waals surface area (Å²) in [5.41, 5.74) is 2.67. The maximum Gasteiger partial charge on any atom is 0.490 e. The van der Waals surface area contributed by atoms with Gasteiger partial charge in [-0.15, -0.1) is 0 Å². The fourth-order valence-corrected chi connectivity index (χ4v) is 4.97. The first kappa shape index (κ1) is 28.9. The summed E-state index contributed by atoms with van der Waals surface area (Å²) >= 11 is 0. The molecule has 1 aliphatic rings. The number of benzene rings is 1. The molecule has 36 heavy (non-hydrogen) atoms. The van der Waals surface area contributed by atoms with E-state index in [1.165, 1.54) is 12.3 Å². The number of nitrogens with one attached hydrogen (secondary N) is 1. The Hall–Kier alpha value is -3.35. The highest BCUT2D eigenvalue weighted by Gasteiger charge is 2.38. The van der Waals surface area contributed by atoms with E-state index in [0.717, 1.165) is 49.9 Å². The summed E-state index contributed by atoms with van der Waals surface area (Å²) in [6, 6.07) is 4.84. The van der Waals surface area contributed by atoms with Gasteiger partial charge in [-0.3, -0.25) is 4.72 Å². The number of rotatable bonds is 5. The quantitative estimate of drug-likeness (QED) is 0.512. The number of alkyl halides is 3. The van der Waals surface area contributed by atoms with Crippen molar-refractivity contribution in [1.82, 2.24) is 4.98 Å². The van der Waals surface area contributed by atoms with Crippen LogP contribution in [-0.4, -0.2) is 54.8 Å². The topological polar surface area (TPSA) is 137 Å². The smallest absolute Gasteiger partial charge is 0.478 e. The van der Waals surface area contributed by atoms with E-state index in [0.29, 0.717) is 11.4 Å². The Balaban J connectivity index is 0.000000572. The lowest BCUT2D eigenvalue weighted by Gasteiger charge is -2.25. The molecule has 13 heteroatoms. The third kappa shape index (κ3) is 7.57. The zero-order valence-electron chi connectivity index (χ0n) is 20.0. The molecule has 198 valence electrons. The number of hydrogen-bond acceptors (Lipinski definition) is 6. The summed E-state index contributed by atoms with van der Waals surface area (Å²) in [6.45, 7) is 7.07. The summed E-state index contributed by atoms with van der Waals surface area (Å²) < 4.78 is 60.7. The zero-order chi connectivity index (χ0) is 27.3. The summed E-state index contributed by atoms with van der Waals surface area (Å²) in [5, 5.41) is 16.5. The monoisotopic (exact) mass is 531 g/mol. The van der Waals surface area contributed by atoms with Gasteiger partial charge in [0, 0.05) is 19.3 Å². The molecule has 0 spiro atoms. The van der Waals surface area contributed by atoms with Crippen LogP contribution in [0.5, 0.6) is 0 Å². The molecule has 1 aliphatic heterocycles. The minimum atomic E-state index is -5.08. The number of nitrogens with zero attached hydrogens (tertiary/aromatic N) is 2. The zero-order valence-corrected chi connectivity index (χ0v) is 20.8. The molecule has 2 aromatic rings. The van der Waals surface area contributed by atoms with Crippen molar-refractivity contribution in [3.63, 3.8) is 0 Å². The fraction of sp³-hybridized carbons (Fsp3) is 0.435. The van der Waals surface area contributed by atoms with Crippen LogP contribution in [0.3, 0.4) is 0 Å². The van der Waals surface area contributed by atoms with E-state index in [1.807, 2.05) is 24.8 Å². The Kier molecular flexibility index (Phi) is 9.30. The molecule has 3 rings (SSSR count). The lowest BCUT2D eigenvalue weighted by molar-refractivity contribution is -0.192. The third-order valence-corrected chi connectivity index (χ3v) is 7.09. The number of aromatic carboxylic acids is 1. The Morgan fingerprint density at radius 3 is 1.97 bits per heavy atom. The third-order valence-electron chi connectivity index (χ3n) is 5.59. The van der Waals surface area contributed by atoms with Crippen LogP contribution in [0.25, 0.3) is 0 Å². The van der Waals surface area contributed by atoms with Crippen LogP contribution in [-0.2, 0) is 14.8 Å². The van der Waals surface area contributed by atoms with Gasteiger partial charge in [-0.1, -0.05) is 18.9 Å². The maximum atomic E-state index is 13.2. The fourth-order valence-electron chi connectivity index (χ4n) is 3.61. The largest absolute Gasteiger partial charge is 0.490 e. The number of carbonyl (C=O) groups is 2. The molecular formula is C23H28F3N3O6S. The summed E-state index contributed by atoms with van der Waals surface area (Å²) in [6.07, 6.45) is 0.413. The van der Waals surface area contributed by atoms with Gasteiger partial charge >= 0.3 is 18.1 Å². The van der Waals surface area contributed by atoms with Crippen LogP contribution < -0.4 is 9.62 Å². The van der Waals surface area contributed by atoms with Crippen molar-refractivity contribution < 1.29 is 41.4 Å². The van der Waals surface area contributed by atoms with Crippen LogP contribution in [0.1, 0.15) is 52.7 Å². The summed E-state index contributed by atoms with van der Waals surface area (Å²) in [5.74, 6) is -3.43. The number of anilines is 2. The second-order valence-corrected chi connectivity index (χ2v) is 10.1. The number of aryl methyl sites for hydroxylation is 3. The van der Waals surface area contributed by atoms with Crippen molar-refractivity contribution in [2.75, 3.05) is 22.7 Å². The van der Waals surface area contributed by atoms with Crippen LogP contribution in [0, 0.1) is 20.8 Å². The molecule has 0 atom stereocenters. The maximum absolute atomic E-state index is 13.2. The molecule has 2 heterocycles. The first-order valence-electron chi connectivity index (χ1n) is 11.0. The van der Waals surface area contributed by atoms with Crippen LogP contribution >= 0.6 is 0 Å². The highest BCUT2D eigenvalue weighted by Crippen LogP contribution is 2.30. The second kappa shape index (κ2) is 11.6. The number of sulfonamides is 1. The van der Waals surface area contributed by atoms with Gasteiger partial charge < -0.3 is 15.1 Å². The van der Waals surface area contributed by atoms with Crippen molar-refractivity contribution in [1.29, 1.82) is 0 Å². The lowest BCUT2D eigenvalue weighted by Crippen LogP contribution is -2.27. The number of halogens is 3. The number of pyridine rings is 1.